The first-order valence-electron chi connectivity index (χ1n) is 4.68. The Bertz CT molecular complexity index is 191. The SMILES string of the molecule is C=C1C[C@H](CN(C)C)[C@@H](O)[C@H](C)O1. The number of allylic oxidation sites excluding steroid dienone is 1. The molecule has 0 aromatic carbocycles. The molecule has 3 heteroatoms. The number of rotatable bonds is 2. The van der Waals surface area contributed by atoms with Crippen LogP contribution in [0.2, 0.25) is 0 Å². The van der Waals surface area contributed by atoms with Gasteiger partial charge in [0.1, 0.15) is 6.10 Å². The summed E-state index contributed by atoms with van der Waals surface area (Å²) in [6.45, 7) is 6.57. The zero-order chi connectivity index (χ0) is 10.0. The topological polar surface area (TPSA) is 32.7 Å². The number of hydrogen-bond donors (Lipinski definition) is 1. The lowest BCUT2D eigenvalue weighted by Gasteiger charge is -2.35. The van der Waals surface area contributed by atoms with Gasteiger partial charge in [0, 0.05) is 18.9 Å². The molecule has 1 aliphatic rings. The highest BCUT2D eigenvalue weighted by Crippen LogP contribution is 2.27. The quantitative estimate of drug-likeness (QED) is 0.692. The van der Waals surface area contributed by atoms with E-state index in [0.29, 0.717) is 0 Å². The molecule has 0 aromatic heterocycles. The molecule has 0 aliphatic carbocycles. The minimum atomic E-state index is -0.368. The molecule has 0 saturated carbocycles. The normalized spacial score (nSPS) is 34.8. The molecule has 1 aliphatic heterocycles. The minimum Gasteiger partial charge on any atom is -0.493 e. The van der Waals surface area contributed by atoms with Crippen LogP contribution < -0.4 is 0 Å². The molecule has 3 nitrogen and oxygen atoms in total. The fourth-order valence-electron chi connectivity index (χ4n) is 1.82. The maximum absolute atomic E-state index is 9.81. The van der Waals surface area contributed by atoms with Gasteiger partial charge in [-0.1, -0.05) is 6.58 Å². The maximum Gasteiger partial charge on any atom is 0.121 e. The van der Waals surface area contributed by atoms with Crippen molar-refractivity contribution in [2.24, 2.45) is 5.92 Å². The standard InChI is InChI=1S/C10H19NO2/c1-7-5-9(6-11(3)4)10(12)8(2)13-7/h8-10,12H,1,5-6H2,2-4H3/t8-,9+,10-/m0/s1. The smallest absolute Gasteiger partial charge is 0.121 e. The number of nitrogens with zero attached hydrogens (tertiary/aromatic N) is 1. The fraction of sp³-hybridized carbons (Fsp3) is 0.800. The van der Waals surface area contributed by atoms with Gasteiger partial charge in [0.15, 0.2) is 0 Å². The molecule has 1 N–H and O–H groups in total. The summed E-state index contributed by atoms with van der Waals surface area (Å²) in [6, 6.07) is 0. The molecule has 13 heavy (non-hydrogen) atoms. The molecule has 1 saturated heterocycles. The summed E-state index contributed by atoms with van der Waals surface area (Å²) < 4.78 is 5.35. The molecule has 0 radical (unpaired) electrons. The summed E-state index contributed by atoms with van der Waals surface area (Å²) in [5.41, 5.74) is 0. The molecule has 0 unspecified atom stereocenters. The molecule has 1 heterocycles. The van der Waals surface area contributed by atoms with E-state index in [4.69, 9.17) is 4.74 Å². The Kier molecular flexibility index (Phi) is 3.33. The highest BCUT2D eigenvalue weighted by molar-refractivity contribution is 4.96. The van der Waals surface area contributed by atoms with E-state index < -0.39 is 0 Å². The Hall–Kier alpha value is -0.540. The van der Waals surface area contributed by atoms with E-state index in [-0.39, 0.29) is 18.1 Å². The first kappa shape index (κ1) is 10.5. The van der Waals surface area contributed by atoms with Crippen LogP contribution in [-0.4, -0.2) is 42.9 Å². The second kappa shape index (κ2) is 4.11. The van der Waals surface area contributed by atoms with Crippen LogP contribution in [0.1, 0.15) is 13.3 Å². The Balaban J connectivity index is 2.55. The molecule has 0 bridgehead atoms. The third-order valence-corrected chi connectivity index (χ3v) is 2.41. The Morgan fingerprint density at radius 1 is 1.62 bits per heavy atom. The van der Waals surface area contributed by atoms with E-state index in [1.807, 2.05) is 21.0 Å². The summed E-state index contributed by atoms with van der Waals surface area (Å²) in [5, 5.41) is 9.81. The number of ether oxygens (including phenoxy) is 1. The predicted octanol–water partition coefficient (Wildman–Crippen LogP) is 0.848. The molecule has 1 rings (SSSR count). The van der Waals surface area contributed by atoms with Crippen LogP contribution in [0.4, 0.5) is 0 Å². The van der Waals surface area contributed by atoms with Gasteiger partial charge in [-0.15, -0.1) is 0 Å². The highest BCUT2D eigenvalue weighted by atomic mass is 16.5. The van der Waals surface area contributed by atoms with E-state index in [9.17, 15) is 5.11 Å². The molecule has 1 fully saturated rings. The van der Waals surface area contributed by atoms with Crippen molar-refractivity contribution >= 4 is 0 Å². The van der Waals surface area contributed by atoms with Gasteiger partial charge in [-0.3, -0.25) is 0 Å². The van der Waals surface area contributed by atoms with Crippen LogP contribution in [0.25, 0.3) is 0 Å². The van der Waals surface area contributed by atoms with E-state index in [1.54, 1.807) is 0 Å². The van der Waals surface area contributed by atoms with Crippen LogP contribution >= 0.6 is 0 Å². The third-order valence-electron chi connectivity index (χ3n) is 2.41. The molecule has 76 valence electrons. The van der Waals surface area contributed by atoms with Crippen molar-refractivity contribution < 1.29 is 9.84 Å². The van der Waals surface area contributed by atoms with Gasteiger partial charge in [0.25, 0.3) is 0 Å². The summed E-state index contributed by atoms with van der Waals surface area (Å²) in [4.78, 5) is 2.08. The highest BCUT2D eigenvalue weighted by Gasteiger charge is 2.32. The van der Waals surface area contributed by atoms with Crippen molar-refractivity contribution in [1.29, 1.82) is 0 Å². The third kappa shape index (κ3) is 2.71. The van der Waals surface area contributed by atoms with Gasteiger partial charge in [-0.25, -0.2) is 0 Å². The van der Waals surface area contributed by atoms with Crippen LogP contribution in [0, 0.1) is 5.92 Å². The summed E-state index contributed by atoms with van der Waals surface area (Å²) >= 11 is 0. The van der Waals surface area contributed by atoms with Crippen molar-refractivity contribution in [2.45, 2.75) is 25.6 Å². The van der Waals surface area contributed by atoms with Crippen molar-refractivity contribution in [3.8, 4) is 0 Å². The zero-order valence-electron chi connectivity index (χ0n) is 8.66. The van der Waals surface area contributed by atoms with Gasteiger partial charge >= 0.3 is 0 Å². The fourth-order valence-corrected chi connectivity index (χ4v) is 1.82. The molecular formula is C10H19NO2. The van der Waals surface area contributed by atoms with Crippen LogP contribution in [-0.2, 0) is 4.74 Å². The van der Waals surface area contributed by atoms with E-state index in [1.165, 1.54) is 0 Å². The largest absolute Gasteiger partial charge is 0.493 e. The van der Waals surface area contributed by atoms with Crippen molar-refractivity contribution in [3.05, 3.63) is 12.3 Å². The molecule has 0 aromatic rings. The Labute approximate surface area is 80.0 Å². The van der Waals surface area contributed by atoms with Gasteiger partial charge in [-0.2, -0.15) is 0 Å². The lowest BCUT2D eigenvalue weighted by atomic mass is 9.91. The van der Waals surface area contributed by atoms with Gasteiger partial charge in [0.2, 0.25) is 0 Å². The summed E-state index contributed by atoms with van der Waals surface area (Å²) in [6.07, 6.45) is 0.281. The van der Waals surface area contributed by atoms with Crippen LogP contribution in [0.3, 0.4) is 0 Å². The first-order valence-corrected chi connectivity index (χ1v) is 4.68. The van der Waals surface area contributed by atoms with E-state index >= 15 is 0 Å². The van der Waals surface area contributed by atoms with Gasteiger partial charge < -0.3 is 14.7 Å². The predicted molar refractivity (Wildman–Crippen MR) is 52.4 cm³/mol. The van der Waals surface area contributed by atoms with Crippen LogP contribution in [0.15, 0.2) is 12.3 Å². The molecule has 3 atom stereocenters. The zero-order valence-corrected chi connectivity index (χ0v) is 8.66. The monoisotopic (exact) mass is 185 g/mol. The lowest BCUT2D eigenvalue weighted by molar-refractivity contribution is -0.0663. The minimum absolute atomic E-state index is 0.119. The van der Waals surface area contributed by atoms with Crippen molar-refractivity contribution in [1.82, 2.24) is 4.90 Å². The second-order valence-corrected chi connectivity index (χ2v) is 4.08. The first-order chi connectivity index (χ1) is 6.00. The number of hydrogen-bond acceptors (Lipinski definition) is 3. The van der Waals surface area contributed by atoms with Crippen molar-refractivity contribution in [3.63, 3.8) is 0 Å². The Morgan fingerprint density at radius 3 is 2.77 bits per heavy atom. The molecule has 0 spiro atoms. The average Bonchev–Trinajstić information content (AvgIpc) is 1.98. The maximum atomic E-state index is 9.81. The number of aliphatic hydroxyl groups excluding tert-OH is 1. The van der Waals surface area contributed by atoms with E-state index in [0.717, 1.165) is 18.7 Å². The summed E-state index contributed by atoms with van der Waals surface area (Å²) in [5.74, 6) is 1.05. The van der Waals surface area contributed by atoms with Gasteiger partial charge in [0.05, 0.1) is 11.9 Å². The van der Waals surface area contributed by atoms with Crippen molar-refractivity contribution in [2.75, 3.05) is 20.6 Å². The van der Waals surface area contributed by atoms with Gasteiger partial charge in [-0.05, 0) is 21.0 Å². The number of aliphatic hydroxyl groups is 1. The lowest BCUT2D eigenvalue weighted by Crippen LogP contribution is -2.42. The molecule has 0 amide bonds. The Morgan fingerprint density at radius 2 is 2.23 bits per heavy atom. The van der Waals surface area contributed by atoms with E-state index in [2.05, 4.69) is 11.5 Å². The second-order valence-electron chi connectivity index (χ2n) is 4.08. The molecular weight excluding hydrogens is 166 g/mol. The van der Waals surface area contributed by atoms with Crippen LogP contribution in [0.5, 0.6) is 0 Å². The average molecular weight is 185 g/mol. The summed E-state index contributed by atoms with van der Waals surface area (Å²) in [7, 11) is 4.02.